The van der Waals surface area contributed by atoms with E-state index in [2.05, 4.69) is 0 Å². The summed E-state index contributed by atoms with van der Waals surface area (Å²) in [5.74, 6) is 0. The van der Waals surface area contributed by atoms with E-state index in [1.807, 2.05) is 0 Å². The molecule has 0 unspecified atom stereocenters. The third-order valence-corrected chi connectivity index (χ3v) is 18.3. The van der Waals surface area contributed by atoms with Gasteiger partial charge in [0, 0.05) is 0 Å². The number of ether oxygens (including phenoxy) is 16. The molecule has 0 aromatic rings. The summed E-state index contributed by atoms with van der Waals surface area (Å²) in [4.78, 5) is 14.5. The highest BCUT2D eigenvalue weighted by molar-refractivity contribution is 5.57. The molecule has 46 heteroatoms. The molecule has 0 aromatic carbocycles. The van der Waals surface area contributed by atoms with Crippen LogP contribution in [0.5, 0.6) is 0 Å². The van der Waals surface area contributed by atoms with Crippen molar-refractivity contribution in [2.24, 2.45) is 0 Å². The summed E-state index contributed by atoms with van der Waals surface area (Å²) in [5.41, 5.74) is 0. The summed E-state index contributed by atoms with van der Waals surface area (Å²) >= 11 is 0. The molecule has 0 bridgehead atoms. The number of rotatable bonds is 29. The van der Waals surface area contributed by atoms with Crippen molar-refractivity contribution in [2.45, 2.75) is 270 Å². The summed E-state index contributed by atoms with van der Waals surface area (Å²) in [6.45, 7) is -11.2. The molecule has 8 rings (SSSR count). The zero-order valence-corrected chi connectivity index (χ0v) is 52.3. The second kappa shape index (κ2) is 36.6. The zero-order chi connectivity index (χ0) is 73.8. The lowest BCUT2D eigenvalue weighted by Gasteiger charge is -2.51. The molecule has 8 aliphatic heterocycles. The van der Waals surface area contributed by atoms with E-state index in [0.29, 0.717) is 0 Å². The highest BCUT2D eigenvalue weighted by atomic mass is 16.8. The quantitative estimate of drug-likeness (QED) is 0.0309. The van der Waals surface area contributed by atoms with Crippen LogP contribution in [-0.2, 0) is 80.6 Å². The molecule has 8 heterocycles. The first-order valence-corrected chi connectivity index (χ1v) is 31.5. The van der Waals surface area contributed by atoms with Crippen molar-refractivity contribution in [1.29, 1.82) is 0 Å². The van der Waals surface area contributed by atoms with Crippen LogP contribution in [0.4, 0.5) is 0 Å². The number of hydrogen-bond acceptors (Lipinski definition) is 46. The number of aliphatic hydroxyl groups is 29. The van der Waals surface area contributed by atoms with E-state index in [9.17, 15) is 153 Å². The van der Waals surface area contributed by atoms with Gasteiger partial charge in [0.05, 0.1) is 59.5 Å². The Morgan fingerprint density at radius 3 is 0.820 bits per heavy atom. The van der Waals surface area contributed by atoms with Gasteiger partial charge < -0.3 is 229 Å². The molecule has 100 heavy (non-hydrogen) atoms. The first-order chi connectivity index (χ1) is 47.4. The average molecular weight is 1480 g/mol. The summed E-state index contributed by atoms with van der Waals surface area (Å²) in [6, 6.07) is 0. The van der Waals surface area contributed by atoms with Crippen molar-refractivity contribution in [3.8, 4) is 0 Å². The van der Waals surface area contributed by atoms with E-state index in [0.717, 1.165) is 0 Å². The Morgan fingerprint density at radius 1 is 0.250 bits per heavy atom. The van der Waals surface area contributed by atoms with Gasteiger partial charge in [-0.05, 0) is 0 Å². The molecule has 44 atom stereocenters. The van der Waals surface area contributed by atoms with Gasteiger partial charge in [-0.1, -0.05) is 0 Å². The van der Waals surface area contributed by atoms with E-state index in [1.165, 1.54) is 0 Å². The summed E-state index contributed by atoms with van der Waals surface area (Å²) < 4.78 is 94.9. The number of carbonyl (C=O) groups excluding carboxylic acids is 1. The first kappa shape index (κ1) is 83.5. The van der Waals surface area contributed by atoms with Gasteiger partial charge in [0.2, 0.25) is 0 Å². The van der Waals surface area contributed by atoms with Crippen molar-refractivity contribution < 1.29 is 229 Å². The lowest BCUT2D eigenvalue weighted by Crippen LogP contribution is -2.69. The lowest BCUT2D eigenvalue weighted by molar-refractivity contribution is -0.414. The van der Waals surface area contributed by atoms with Crippen LogP contribution in [0.3, 0.4) is 0 Å². The second-order valence-corrected chi connectivity index (χ2v) is 24.9. The Bertz CT molecular complexity index is 2430. The molecule has 0 radical (unpaired) electrons. The number of carbonyl (C=O) groups is 1. The smallest absolute Gasteiger partial charge is 0.188 e. The number of aliphatic hydroxyl groups excluding tert-OH is 29. The first-order valence-electron chi connectivity index (χ1n) is 31.5. The van der Waals surface area contributed by atoms with Crippen molar-refractivity contribution in [3.05, 3.63) is 0 Å². The summed E-state index contributed by atoms with van der Waals surface area (Å²) in [7, 11) is 0. The third kappa shape index (κ3) is 17.7. The standard InChI is InChI=1S/C54H92O46/c55-1-11-21(64)28(71)35(78)47(86-11)85-10-20(95-48-36(79)29(72)22(65)12(2-56)87-48)44(98-51-39(82)32(75)25(68)15(5-59)90-51)42(96-49-37(80)30(73)23(66)13(3-57)88-49)18(8-62)93-54-46(100-53-41(84)34(77)27(70)17(7-61)92-53)45(99-52-40(83)33(76)26(69)16(6-60)91-52)43(19(9-63)94-54)97-50-38(81)31(74)24(67)14(4-58)89-50/h8,11-61,63-84H,1-7,9-10H2/t11-,12-,13-,14-,15-,16-,17-,18+,19-,20-,21-,22-,23-,24-,25-,26-,27-,28+,29+,30+,31+,32+,33+,34+,35-,36-,37-,38-,39-,40-,41-,42-,43-,44-,45+,46-,47-,48-,49-,50-,51-,52-,53-,54+/m1/s1. The number of aldehydes is 1. The maximum absolute atomic E-state index is 14.5. The minimum absolute atomic E-state index is 0.312. The van der Waals surface area contributed by atoms with Gasteiger partial charge in [0.1, 0.15) is 220 Å². The van der Waals surface area contributed by atoms with Gasteiger partial charge >= 0.3 is 0 Å². The average Bonchev–Trinajstić information content (AvgIpc) is 0.758. The Kier molecular flexibility index (Phi) is 30.6. The Balaban J connectivity index is 1.35. The normalized spacial score (nSPS) is 50.3. The Labute approximate surface area is 563 Å². The van der Waals surface area contributed by atoms with Crippen molar-refractivity contribution in [1.82, 2.24) is 0 Å². The predicted molar refractivity (Wildman–Crippen MR) is 298 cm³/mol. The highest BCUT2D eigenvalue weighted by Gasteiger charge is 2.61. The van der Waals surface area contributed by atoms with Crippen LogP contribution >= 0.6 is 0 Å². The molecule has 0 saturated carbocycles. The zero-order valence-electron chi connectivity index (χ0n) is 52.3. The van der Waals surface area contributed by atoms with E-state index in [4.69, 9.17) is 75.8 Å². The maximum Gasteiger partial charge on any atom is 0.188 e. The minimum Gasteiger partial charge on any atom is -0.394 e. The molecule has 46 nitrogen and oxygen atoms in total. The predicted octanol–water partition coefficient (Wildman–Crippen LogP) is -20.8. The Hall–Kier alpha value is -2.13. The van der Waals surface area contributed by atoms with Gasteiger partial charge in [0.25, 0.3) is 0 Å². The fraction of sp³-hybridized carbons (Fsp3) is 0.981. The fourth-order valence-electron chi connectivity index (χ4n) is 12.3. The van der Waals surface area contributed by atoms with Gasteiger partial charge in [-0.2, -0.15) is 0 Å². The van der Waals surface area contributed by atoms with Gasteiger partial charge in [-0.25, -0.2) is 0 Å². The molecule has 584 valence electrons. The van der Waals surface area contributed by atoms with Crippen LogP contribution < -0.4 is 0 Å². The lowest BCUT2D eigenvalue weighted by atomic mass is 9.94. The third-order valence-electron chi connectivity index (χ3n) is 18.3. The van der Waals surface area contributed by atoms with Gasteiger partial charge in [0.15, 0.2) is 56.6 Å². The van der Waals surface area contributed by atoms with E-state index < -0.39 is 330 Å². The molecule has 8 aliphatic rings. The molecule has 0 aliphatic carbocycles. The molecule has 8 saturated heterocycles. The van der Waals surface area contributed by atoms with Gasteiger partial charge in [-0.3, -0.25) is 0 Å². The largest absolute Gasteiger partial charge is 0.394 e. The van der Waals surface area contributed by atoms with Gasteiger partial charge in [-0.15, -0.1) is 0 Å². The topological polar surface area (TPSA) is 751 Å². The summed E-state index contributed by atoms with van der Waals surface area (Å²) in [6.07, 6.45) is -104. The monoisotopic (exact) mass is 1480 g/mol. The molecule has 0 aromatic heterocycles. The van der Waals surface area contributed by atoms with Crippen LogP contribution in [-0.4, -0.2) is 484 Å². The van der Waals surface area contributed by atoms with Crippen LogP contribution in [0.2, 0.25) is 0 Å². The minimum atomic E-state index is -2.92. The van der Waals surface area contributed by atoms with Crippen LogP contribution in [0, 0.1) is 0 Å². The van der Waals surface area contributed by atoms with E-state index >= 15 is 0 Å². The van der Waals surface area contributed by atoms with Crippen molar-refractivity contribution in [3.63, 3.8) is 0 Å². The van der Waals surface area contributed by atoms with E-state index in [1.54, 1.807) is 0 Å². The van der Waals surface area contributed by atoms with E-state index in [-0.39, 0.29) is 6.29 Å². The van der Waals surface area contributed by atoms with Crippen LogP contribution in [0.1, 0.15) is 0 Å². The maximum atomic E-state index is 14.5. The van der Waals surface area contributed by atoms with Crippen molar-refractivity contribution >= 4 is 6.29 Å². The molecular weight excluding hydrogens is 1380 g/mol. The van der Waals surface area contributed by atoms with Crippen molar-refractivity contribution in [2.75, 3.05) is 59.5 Å². The Morgan fingerprint density at radius 2 is 0.500 bits per heavy atom. The van der Waals surface area contributed by atoms with Crippen LogP contribution in [0.25, 0.3) is 0 Å². The molecular formula is C54H92O46. The molecule has 8 fully saturated rings. The molecule has 29 N–H and O–H groups in total. The SMILES string of the molecule is O=C[C@H](O[C@H]1O[C@H](CO)[C@@H](O[C@H]2O[C@H](CO)[C@@H](O)[C@H](O)[C@H]2O)[C@H](O[C@H]2O[C@H](CO)[C@@H](O)[C@H](O)[C@H]2O)[C@H]1O[C@H]1O[C@H](CO)[C@@H](O)[C@H](O)[C@H]1O)[C@@H](O[C@H]1O[C@H](CO)[C@@H](O)[C@H](O)[C@H]1O)[C@H](O[C@H]1O[C@H](CO)[C@@H](O)[C@H](O)[C@H]1O)[C@@H](CO[C@@H]1O[C@H](CO)[C@@H](O)[C@H](O)[C@H]1O)O[C@H]1O[C@H](CO)[C@@H](O)[C@H](O)[C@H]1O. The molecule has 0 spiro atoms. The highest BCUT2D eigenvalue weighted by Crippen LogP contribution is 2.40. The fourth-order valence-corrected chi connectivity index (χ4v) is 12.3. The molecule has 0 amide bonds. The second-order valence-electron chi connectivity index (χ2n) is 24.9. The summed E-state index contributed by atoms with van der Waals surface area (Å²) in [5, 5.41) is 317. The number of hydrogen-bond donors (Lipinski definition) is 29. The van der Waals surface area contributed by atoms with Crippen LogP contribution in [0.15, 0.2) is 0 Å².